The molecule has 2 aromatic carbocycles. The number of benzene rings is 2. The molecule has 1 fully saturated rings. The van der Waals surface area contributed by atoms with Crippen molar-refractivity contribution in [3.8, 4) is 5.75 Å². The molecule has 0 bridgehead atoms. The molecule has 2 amide bonds. The zero-order valence-electron chi connectivity index (χ0n) is 17.1. The molecule has 2 aliphatic rings. The summed E-state index contributed by atoms with van der Waals surface area (Å²) in [6.07, 6.45) is -0.166. The highest BCUT2D eigenvalue weighted by molar-refractivity contribution is 5.68. The molecule has 1 atom stereocenters. The van der Waals surface area contributed by atoms with Gasteiger partial charge in [-0.25, -0.2) is 9.59 Å². The van der Waals surface area contributed by atoms with Crippen LogP contribution in [0, 0.1) is 0 Å². The molecule has 2 aliphatic heterocycles. The second-order valence-corrected chi connectivity index (χ2v) is 8.04. The Balaban J connectivity index is 1.33. The monoisotopic (exact) mass is 426 g/mol. The molecule has 8 nitrogen and oxygen atoms in total. The Labute approximate surface area is 180 Å². The third-order valence-corrected chi connectivity index (χ3v) is 5.91. The summed E-state index contributed by atoms with van der Waals surface area (Å²) in [7, 11) is 0. The summed E-state index contributed by atoms with van der Waals surface area (Å²) >= 11 is 0. The maximum absolute atomic E-state index is 12.1. The van der Waals surface area contributed by atoms with E-state index in [4.69, 9.17) is 14.6 Å². The van der Waals surface area contributed by atoms with E-state index in [0.29, 0.717) is 44.7 Å². The van der Waals surface area contributed by atoms with Crippen molar-refractivity contribution >= 4 is 12.2 Å². The second kappa shape index (κ2) is 8.85. The van der Waals surface area contributed by atoms with Gasteiger partial charge in [-0.15, -0.1) is 0 Å². The molecule has 8 heteroatoms. The zero-order chi connectivity index (χ0) is 21.8. The number of carbonyl (C=O) groups is 2. The van der Waals surface area contributed by atoms with Gasteiger partial charge < -0.3 is 29.9 Å². The Morgan fingerprint density at radius 3 is 2.61 bits per heavy atom. The molecule has 0 unspecified atom stereocenters. The minimum atomic E-state index is -1.07. The van der Waals surface area contributed by atoms with Gasteiger partial charge in [0.1, 0.15) is 19.0 Å². The smallest absolute Gasteiger partial charge is 0.407 e. The lowest BCUT2D eigenvalue weighted by Crippen LogP contribution is -2.45. The average molecular weight is 426 g/mol. The lowest BCUT2D eigenvalue weighted by Gasteiger charge is -2.38. The number of amides is 2. The van der Waals surface area contributed by atoms with E-state index in [1.54, 1.807) is 0 Å². The van der Waals surface area contributed by atoms with Crippen molar-refractivity contribution in [3.63, 3.8) is 0 Å². The Hall–Kier alpha value is -3.26. The quantitative estimate of drug-likeness (QED) is 0.694. The van der Waals surface area contributed by atoms with Crippen LogP contribution in [-0.4, -0.2) is 53.0 Å². The summed E-state index contributed by atoms with van der Waals surface area (Å²) in [5, 5.41) is 23.0. The first-order chi connectivity index (χ1) is 14.9. The van der Waals surface area contributed by atoms with Crippen molar-refractivity contribution in [3.05, 3.63) is 65.2 Å². The topological polar surface area (TPSA) is 108 Å². The van der Waals surface area contributed by atoms with Gasteiger partial charge >= 0.3 is 12.2 Å². The maximum atomic E-state index is 12.1. The molecule has 3 N–H and O–H groups in total. The number of nitrogens with zero attached hydrogens (tertiary/aromatic N) is 1. The fraction of sp³-hybridized carbons (Fsp3) is 0.391. The van der Waals surface area contributed by atoms with Crippen LogP contribution in [0.25, 0.3) is 0 Å². The summed E-state index contributed by atoms with van der Waals surface area (Å²) in [5.74, 6) is 0.683. The van der Waals surface area contributed by atoms with E-state index in [9.17, 15) is 14.7 Å². The Morgan fingerprint density at radius 2 is 1.90 bits per heavy atom. The van der Waals surface area contributed by atoms with E-state index in [0.717, 1.165) is 16.7 Å². The van der Waals surface area contributed by atoms with Crippen LogP contribution in [0.2, 0.25) is 0 Å². The van der Waals surface area contributed by atoms with E-state index in [-0.39, 0.29) is 12.6 Å². The van der Waals surface area contributed by atoms with Crippen LogP contribution in [-0.2, 0) is 23.4 Å². The second-order valence-electron chi connectivity index (χ2n) is 8.04. The van der Waals surface area contributed by atoms with Gasteiger partial charge in [0, 0.05) is 13.1 Å². The molecule has 2 heterocycles. The van der Waals surface area contributed by atoms with Gasteiger partial charge in [-0.2, -0.15) is 0 Å². The van der Waals surface area contributed by atoms with E-state index >= 15 is 0 Å². The van der Waals surface area contributed by atoms with Crippen LogP contribution >= 0.6 is 0 Å². The van der Waals surface area contributed by atoms with Gasteiger partial charge in [-0.1, -0.05) is 42.5 Å². The van der Waals surface area contributed by atoms with Crippen LogP contribution in [0.15, 0.2) is 48.5 Å². The zero-order valence-corrected chi connectivity index (χ0v) is 17.1. The number of aliphatic hydroxyl groups is 1. The molecule has 0 radical (unpaired) electrons. The standard InChI is InChI=1S/C23H26N2O6/c26-21(31-14-16-4-2-1-3-5-16)24-19-12-17-6-7-18(13-20(17)30-15-19)23(29)8-10-25(11-9-23)22(27)28/h1-7,13,19,29H,8-12,14-15H2,(H,24,26)(H,27,28)/t19-/m1/s1. The molecule has 0 spiro atoms. The number of likely N-dealkylation sites (tertiary alicyclic amines) is 1. The highest BCUT2D eigenvalue weighted by Gasteiger charge is 2.36. The van der Waals surface area contributed by atoms with Gasteiger partial charge in [0.05, 0.1) is 11.6 Å². The van der Waals surface area contributed by atoms with Gasteiger partial charge in [0.15, 0.2) is 0 Å². The number of hydrogen-bond acceptors (Lipinski definition) is 5. The van der Waals surface area contributed by atoms with E-state index in [1.165, 1.54) is 4.90 Å². The number of ether oxygens (including phenoxy) is 2. The van der Waals surface area contributed by atoms with Crippen LogP contribution in [0.1, 0.15) is 29.5 Å². The minimum absolute atomic E-state index is 0.205. The summed E-state index contributed by atoms with van der Waals surface area (Å²) in [6.45, 7) is 1.10. The molecule has 0 aromatic heterocycles. The molecular formula is C23H26N2O6. The van der Waals surface area contributed by atoms with Crippen molar-refractivity contribution in [2.75, 3.05) is 19.7 Å². The number of carbonyl (C=O) groups excluding carboxylic acids is 1. The van der Waals surface area contributed by atoms with Gasteiger partial charge in [0.25, 0.3) is 0 Å². The van der Waals surface area contributed by atoms with Crippen LogP contribution < -0.4 is 10.1 Å². The Morgan fingerprint density at radius 1 is 1.16 bits per heavy atom. The first kappa shape index (κ1) is 21.0. The molecule has 31 heavy (non-hydrogen) atoms. The van der Waals surface area contributed by atoms with Crippen molar-refractivity contribution in [1.82, 2.24) is 10.2 Å². The highest BCUT2D eigenvalue weighted by Crippen LogP contribution is 2.36. The van der Waals surface area contributed by atoms with Crippen molar-refractivity contribution < 1.29 is 29.3 Å². The van der Waals surface area contributed by atoms with E-state index in [2.05, 4.69) is 5.32 Å². The Bertz CT molecular complexity index is 940. The highest BCUT2D eigenvalue weighted by atomic mass is 16.5. The normalized spacial score (nSPS) is 19.6. The number of piperidine rings is 1. The molecular weight excluding hydrogens is 400 g/mol. The van der Waals surface area contributed by atoms with Crippen LogP contribution in [0.4, 0.5) is 9.59 Å². The van der Waals surface area contributed by atoms with Gasteiger partial charge in [-0.3, -0.25) is 0 Å². The lowest BCUT2D eigenvalue weighted by molar-refractivity contribution is -0.0215. The molecule has 0 aliphatic carbocycles. The lowest BCUT2D eigenvalue weighted by atomic mass is 9.83. The maximum Gasteiger partial charge on any atom is 0.407 e. The molecule has 2 aromatic rings. The molecule has 1 saturated heterocycles. The number of rotatable bonds is 4. The third kappa shape index (κ3) is 4.91. The minimum Gasteiger partial charge on any atom is -0.491 e. The fourth-order valence-electron chi connectivity index (χ4n) is 4.04. The average Bonchev–Trinajstić information content (AvgIpc) is 2.78. The number of nitrogens with one attached hydrogen (secondary N) is 1. The number of alkyl carbamates (subject to hydrolysis) is 1. The predicted octanol–water partition coefficient (Wildman–Crippen LogP) is 2.88. The van der Waals surface area contributed by atoms with E-state index < -0.39 is 17.8 Å². The number of carboxylic acid groups (broad SMARTS) is 1. The van der Waals surface area contributed by atoms with Crippen LogP contribution in [0.3, 0.4) is 0 Å². The number of fused-ring (bicyclic) bond motifs is 1. The summed E-state index contributed by atoms with van der Waals surface area (Å²) in [4.78, 5) is 24.5. The SMILES string of the molecule is O=C(N[C@H]1COc2cc(C3(O)CCN(C(=O)O)CC3)ccc2C1)OCc1ccccc1. The summed E-state index contributed by atoms with van der Waals surface area (Å²) in [6, 6.07) is 14.9. The molecule has 0 saturated carbocycles. The first-order valence-electron chi connectivity index (χ1n) is 10.4. The predicted molar refractivity (Wildman–Crippen MR) is 112 cm³/mol. The first-order valence-corrected chi connectivity index (χ1v) is 10.4. The molecule has 164 valence electrons. The van der Waals surface area contributed by atoms with Crippen molar-refractivity contribution in [1.29, 1.82) is 0 Å². The van der Waals surface area contributed by atoms with Crippen molar-refractivity contribution in [2.24, 2.45) is 0 Å². The summed E-state index contributed by atoms with van der Waals surface area (Å²) in [5.41, 5.74) is 1.52. The van der Waals surface area contributed by atoms with Gasteiger partial charge in [0.2, 0.25) is 0 Å². The van der Waals surface area contributed by atoms with Crippen molar-refractivity contribution in [2.45, 2.75) is 37.5 Å². The van der Waals surface area contributed by atoms with E-state index in [1.807, 2.05) is 48.5 Å². The third-order valence-electron chi connectivity index (χ3n) is 5.91. The summed E-state index contributed by atoms with van der Waals surface area (Å²) < 4.78 is 11.1. The van der Waals surface area contributed by atoms with Gasteiger partial charge in [-0.05, 0) is 42.0 Å². The molecule has 4 rings (SSSR count). The fourth-order valence-corrected chi connectivity index (χ4v) is 4.04. The Kier molecular flexibility index (Phi) is 5.99. The number of hydrogen-bond donors (Lipinski definition) is 3. The van der Waals surface area contributed by atoms with Crippen LogP contribution in [0.5, 0.6) is 5.75 Å². The largest absolute Gasteiger partial charge is 0.491 e.